The molecule has 0 amide bonds. The third-order valence-electron chi connectivity index (χ3n) is 3.11. The smallest absolute Gasteiger partial charge is 0.310 e. The number of likely N-dealkylation sites (tertiary alicyclic amines) is 1. The van der Waals surface area contributed by atoms with Crippen molar-refractivity contribution >= 4 is 5.97 Å². The van der Waals surface area contributed by atoms with Gasteiger partial charge >= 0.3 is 5.97 Å². The maximum Gasteiger partial charge on any atom is 0.310 e. The molecule has 0 bridgehead atoms. The molecule has 98 valence electrons. The predicted molar refractivity (Wildman–Crippen MR) is 66.7 cm³/mol. The van der Waals surface area contributed by atoms with Gasteiger partial charge in [-0.1, -0.05) is 0 Å². The van der Waals surface area contributed by atoms with E-state index in [4.69, 9.17) is 4.74 Å². The molecule has 1 saturated heterocycles. The van der Waals surface area contributed by atoms with Gasteiger partial charge in [0, 0.05) is 18.9 Å². The van der Waals surface area contributed by atoms with E-state index in [1.165, 1.54) is 0 Å². The van der Waals surface area contributed by atoms with E-state index >= 15 is 0 Å². The Hall–Kier alpha value is -1.49. The van der Waals surface area contributed by atoms with Gasteiger partial charge in [-0.2, -0.15) is 0 Å². The van der Waals surface area contributed by atoms with E-state index in [-0.39, 0.29) is 11.9 Å². The molecule has 0 spiro atoms. The summed E-state index contributed by atoms with van der Waals surface area (Å²) >= 11 is 0. The molecule has 0 aliphatic carbocycles. The van der Waals surface area contributed by atoms with Crippen LogP contribution in [0.3, 0.4) is 0 Å². The minimum atomic E-state index is -0.0730. The van der Waals surface area contributed by atoms with Crippen LogP contribution < -0.4 is 0 Å². The van der Waals surface area contributed by atoms with E-state index < -0.39 is 0 Å². The summed E-state index contributed by atoms with van der Waals surface area (Å²) in [7, 11) is 0. The number of hydrogen-bond donors (Lipinski definition) is 0. The molecule has 1 aromatic rings. The third kappa shape index (κ3) is 3.50. The first-order chi connectivity index (χ1) is 8.79. The van der Waals surface area contributed by atoms with Crippen molar-refractivity contribution in [3.8, 4) is 0 Å². The van der Waals surface area contributed by atoms with Crippen molar-refractivity contribution in [3.63, 3.8) is 0 Å². The molecule has 1 aliphatic heterocycles. The lowest BCUT2D eigenvalue weighted by molar-refractivity contribution is -0.150. The number of hydrogen-bond acceptors (Lipinski definition) is 5. The number of rotatable bonds is 4. The third-order valence-corrected chi connectivity index (χ3v) is 3.11. The lowest BCUT2D eigenvalue weighted by Gasteiger charge is -2.30. The molecule has 1 aromatic heterocycles. The summed E-state index contributed by atoms with van der Waals surface area (Å²) in [6, 6.07) is 1.81. The number of ether oxygens (including phenoxy) is 1. The second-order valence-corrected chi connectivity index (χ2v) is 4.49. The molecule has 18 heavy (non-hydrogen) atoms. The van der Waals surface area contributed by atoms with E-state index in [1.54, 1.807) is 18.5 Å². The van der Waals surface area contributed by atoms with Gasteiger partial charge in [-0.3, -0.25) is 9.69 Å². The van der Waals surface area contributed by atoms with Crippen LogP contribution in [0.25, 0.3) is 0 Å². The van der Waals surface area contributed by atoms with Crippen molar-refractivity contribution in [2.75, 3.05) is 19.7 Å². The van der Waals surface area contributed by atoms with Crippen LogP contribution in [0.2, 0.25) is 0 Å². The van der Waals surface area contributed by atoms with Crippen LogP contribution in [-0.4, -0.2) is 40.5 Å². The van der Waals surface area contributed by atoms with Gasteiger partial charge in [-0.25, -0.2) is 9.97 Å². The Bertz CT molecular complexity index is 383. The van der Waals surface area contributed by atoms with Crippen LogP contribution in [-0.2, 0) is 16.1 Å². The highest BCUT2D eigenvalue weighted by Crippen LogP contribution is 2.18. The summed E-state index contributed by atoms with van der Waals surface area (Å²) in [6.45, 7) is 4.75. The Labute approximate surface area is 107 Å². The molecule has 2 rings (SSSR count). The van der Waals surface area contributed by atoms with Gasteiger partial charge in [0.2, 0.25) is 0 Å². The monoisotopic (exact) mass is 249 g/mol. The molecule has 1 aliphatic rings. The van der Waals surface area contributed by atoms with Crippen LogP contribution in [0.5, 0.6) is 0 Å². The van der Waals surface area contributed by atoms with Gasteiger partial charge in [0.15, 0.2) is 0 Å². The average Bonchev–Trinajstić information content (AvgIpc) is 2.40. The summed E-state index contributed by atoms with van der Waals surface area (Å²) in [5.41, 5.74) is 0. The Morgan fingerprint density at radius 1 is 1.50 bits per heavy atom. The van der Waals surface area contributed by atoms with E-state index in [0.29, 0.717) is 13.2 Å². The zero-order valence-electron chi connectivity index (χ0n) is 10.7. The summed E-state index contributed by atoms with van der Waals surface area (Å²) in [5.74, 6) is 0.737. The average molecular weight is 249 g/mol. The minimum absolute atomic E-state index is 0.00223. The maximum atomic E-state index is 11.7. The minimum Gasteiger partial charge on any atom is -0.466 e. The predicted octanol–water partition coefficient (Wildman–Crippen LogP) is 1.25. The lowest BCUT2D eigenvalue weighted by atomic mass is 9.98. The highest BCUT2D eigenvalue weighted by atomic mass is 16.5. The van der Waals surface area contributed by atoms with Crippen LogP contribution in [0.4, 0.5) is 0 Å². The normalized spacial score (nSPS) is 20.6. The summed E-state index contributed by atoms with van der Waals surface area (Å²) in [6.07, 6.45) is 5.44. The van der Waals surface area contributed by atoms with Crippen molar-refractivity contribution in [1.29, 1.82) is 0 Å². The molecule has 1 fully saturated rings. The van der Waals surface area contributed by atoms with Crippen LogP contribution >= 0.6 is 0 Å². The topological polar surface area (TPSA) is 55.3 Å². The lowest BCUT2D eigenvalue weighted by Crippen LogP contribution is -2.39. The number of nitrogens with zero attached hydrogens (tertiary/aromatic N) is 3. The Morgan fingerprint density at radius 2 is 2.28 bits per heavy atom. The molecule has 2 heterocycles. The summed E-state index contributed by atoms with van der Waals surface area (Å²) in [5, 5.41) is 0. The van der Waals surface area contributed by atoms with Gasteiger partial charge < -0.3 is 4.74 Å². The Kier molecular flexibility index (Phi) is 4.64. The number of carbonyl (C=O) groups is 1. The van der Waals surface area contributed by atoms with Gasteiger partial charge in [0.1, 0.15) is 5.82 Å². The van der Waals surface area contributed by atoms with E-state index in [0.717, 1.165) is 31.8 Å². The SMILES string of the molecule is CCOC(=O)[C@H]1CCCN(Cc2ncccn2)C1. The highest BCUT2D eigenvalue weighted by Gasteiger charge is 2.26. The Morgan fingerprint density at radius 3 is 3.00 bits per heavy atom. The van der Waals surface area contributed by atoms with E-state index in [9.17, 15) is 4.79 Å². The second kappa shape index (κ2) is 6.44. The first kappa shape index (κ1) is 13.0. The van der Waals surface area contributed by atoms with Crippen molar-refractivity contribution in [1.82, 2.24) is 14.9 Å². The molecule has 0 radical (unpaired) electrons. The first-order valence-electron chi connectivity index (χ1n) is 6.44. The molecule has 5 heteroatoms. The molecular weight excluding hydrogens is 230 g/mol. The largest absolute Gasteiger partial charge is 0.466 e. The fraction of sp³-hybridized carbons (Fsp3) is 0.615. The fourth-order valence-corrected chi connectivity index (χ4v) is 2.26. The summed E-state index contributed by atoms with van der Waals surface area (Å²) < 4.78 is 5.08. The Balaban J connectivity index is 1.89. The zero-order chi connectivity index (χ0) is 12.8. The molecule has 0 N–H and O–H groups in total. The van der Waals surface area contributed by atoms with E-state index in [1.807, 2.05) is 6.92 Å². The number of esters is 1. The molecule has 0 aromatic carbocycles. The van der Waals surface area contributed by atoms with E-state index in [2.05, 4.69) is 14.9 Å². The fourth-order valence-electron chi connectivity index (χ4n) is 2.26. The number of piperidine rings is 1. The molecule has 0 saturated carbocycles. The first-order valence-corrected chi connectivity index (χ1v) is 6.44. The summed E-state index contributed by atoms with van der Waals surface area (Å²) in [4.78, 5) is 22.4. The van der Waals surface area contributed by atoms with Crippen molar-refractivity contribution in [2.24, 2.45) is 5.92 Å². The van der Waals surface area contributed by atoms with Gasteiger partial charge in [-0.15, -0.1) is 0 Å². The molecule has 0 unspecified atom stereocenters. The standard InChI is InChI=1S/C13H19N3O2/c1-2-18-13(17)11-5-3-8-16(9-11)10-12-14-6-4-7-15-12/h4,6-7,11H,2-3,5,8-10H2,1H3/t11-/m0/s1. The maximum absolute atomic E-state index is 11.7. The number of aromatic nitrogens is 2. The van der Waals surface area contributed by atoms with Crippen LogP contribution in [0.15, 0.2) is 18.5 Å². The van der Waals surface area contributed by atoms with Crippen LogP contribution in [0.1, 0.15) is 25.6 Å². The van der Waals surface area contributed by atoms with Crippen molar-refractivity contribution in [3.05, 3.63) is 24.3 Å². The quantitative estimate of drug-likeness (QED) is 0.752. The molecule has 1 atom stereocenters. The van der Waals surface area contributed by atoms with Gasteiger partial charge in [-0.05, 0) is 32.4 Å². The zero-order valence-corrected chi connectivity index (χ0v) is 10.7. The van der Waals surface area contributed by atoms with Crippen molar-refractivity contribution < 1.29 is 9.53 Å². The van der Waals surface area contributed by atoms with Gasteiger partial charge in [0.05, 0.1) is 19.1 Å². The molecular formula is C13H19N3O2. The van der Waals surface area contributed by atoms with Gasteiger partial charge in [0.25, 0.3) is 0 Å². The van der Waals surface area contributed by atoms with Crippen LogP contribution in [0, 0.1) is 5.92 Å². The second-order valence-electron chi connectivity index (χ2n) is 4.49. The molecule has 5 nitrogen and oxygen atoms in total. The highest BCUT2D eigenvalue weighted by molar-refractivity contribution is 5.72. The van der Waals surface area contributed by atoms with Crippen molar-refractivity contribution in [2.45, 2.75) is 26.3 Å². The number of carbonyl (C=O) groups excluding carboxylic acids is 1.